The van der Waals surface area contributed by atoms with E-state index < -0.39 is 10.0 Å². The van der Waals surface area contributed by atoms with Gasteiger partial charge in [-0.1, -0.05) is 36.8 Å². The van der Waals surface area contributed by atoms with Crippen molar-refractivity contribution >= 4 is 15.8 Å². The molecule has 6 heteroatoms. The Kier molecular flexibility index (Phi) is 4.59. The second-order valence-corrected chi connectivity index (χ2v) is 6.78. The summed E-state index contributed by atoms with van der Waals surface area (Å²) in [6.45, 7) is 4.53. The molecule has 112 valence electrons. The molecule has 0 radical (unpaired) electrons. The number of benzene rings is 1. The molecule has 0 saturated heterocycles. The zero-order valence-corrected chi connectivity index (χ0v) is 13.0. The summed E-state index contributed by atoms with van der Waals surface area (Å²) in [7, 11) is -3.56. The topological polar surface area (TPSA) is 76.3 Å². The average Bonchev–Trinajstić information content (AvgIpc) is 2.45. The first-order valence-electron chi connectivity index (χ1n) is 6.70. The number of rotatable bonds is 5. The second kappa shape index (κ2) is 6.24. The molecule has 2 aromatic rings. The highest BCUT2D eigenvalue weighted by atomic mass is 32.2. The van der Waals surface area contributed by atoms with Crippen molar-refractivity contribution in [2.75, 3.05) is 12.3 Å². The maximum atomic E-state index is 12.6. The fraction of sp³-hybridized carbons (Fsp3) is 0.267. The summed E-state index contributed by atoms with van der Waals surface area (Å²) in [6, 6.07) is 10.8. The number of anilines is 1. The number of nitrogens with zero attached hydrogens (tertiary/aromatic N) is 2. The van der Waals surface area contributed by atoms with Gasteiger partial charge in [0, 0.05) is 19.3 Å². The molecule has 0 spiro atoms. The van der Waals surface area contributed by atoms with Gasteiger partial charge in [-0.2, -0.15) is 4.31 Å². The number of sulfonamides is 1. The van der Waals surface area contributed by atoms with E-state index in [4.69, 9.17) is 5.73 Å². The molecule has 1 heterocycles. The van der Waals surface area contributed by atoms with Gasteiger partial charge in [0.25, 0.3) is 0 Å². The normalized spacial score (nSPS) is 11.8. The summed E-state index contributed by atoms with van der Waals surface area (Å²) in [4.78, 5) is 4.01. The van der Waals surface area contributed by atoms with Crippen molar-refractivity contribution in [3.8, 4) is 0 Å². The fourth-order valence-electron chi connectivity index (χ4n) is 2.07. The standard InChI is InChI=1S/C15H19N3O2S/c1-3-18(11-13-6-4-5-12(2)9-13)21(19,20)14-7-8-15(16)17-10-14/h4-10H,3,11H2,1-2H3,(H2,16,17). The van der Waals surface area contributed by atoms with E-state index in [1.165, 1.54) is 22.6 Å². The Balaban J connectivity index is 2.29. The molecule has 1 aromatic heterocycles. The lowest BCUT2D eigenvalue weighted by Crippen LogP contribution is -2.30. The summed E-state index contributed by atoms with van der Waals surface area (Å²) in [5, 5.41) is 0. The number of nitrogens with two attached hydrogens (primary N) is 1. The molecule has 0 aliphatic rings. The number of hydrogen-bond donors (Lipinski definition) is 1. The van der Waals surface area contributed by atoms with E-state index in [2.05, 4.69) is 4.98 Å². The lowest BCUT2D eigenvalue weighted by molar-refractivity contribution is 0.423. The molecule has 0 unspecified atom stereocenters. The smallest absolute Gasteiger partial charge is 0.244 e. The van der Waals surface area contributed by atoms with Crippen LogP contribution in [-0.4, -0.2) is 24.3 Å². The highest BCUT2D eigenvalue weighted by Gasteiger charge is 2.23. The number of nitrogen functional groups attached to an aromatic ring is 1. The second-order valence-electron chi connectivity index (χ2n) is 4.84. The largest absolute Gasteiger partial charge is 0.384 e. The van der Waals surface area contributed by atoms with Gasteiger partial charge in [0.2, 0.25) is 10.0 Å². The number of hydrogen-bond acceptors (Lipinski definition) is 4. The molecule has 0 amide bonds. The van der Waals surface area contributed by atoms with Crippen molar-refractivity contribution in [2.45, 2.75) is 25.3 Å². The molecule has 2 N–H and O–H groups in total. The summed E-state index contributed by atoms with van der Waals surface area (Å²) >= 11 is 0. The Hall–Kier alpha value is -1.92. The predicted octanol–water partition coefficient (Wildman–Crippen LogP) is 2.18. The summed E-state index contributed by atoms with van der Waals surface area (Å²) in [5.41, 5.74) is 7.57. The average molecular weight is 305 g/mol. The van der Waals surface area contributed by atoms with Crippen molar-refractivity contribution in [3.05, 3.63) is 53.7 Å². The summed E-state index contributed by atoms with van der Waals surface area (Å²) in [5.74, 6) is 0.302. The molecule has 0 saturated carbocycles. The molecule has 0 aliphatic carbocycles. The molecule has 21 heavy (non-hydrogen) atoms. The van der Waals surface area contributed by atoms with E-state index in [0.717, 1.165) is 11.1 Å². The SMILES string of the molecule is CCN(Cc1cccc(C)c1)S(=O)(=O)c1ccc(N)nc1. The van der Waals surface area contributed by atoms with E-state index in [9.17, 15) is 8.42 Å². The first-order chi connectivity index (χ1) is 9.93. The molecule has 1 aromatic carbocycles. The van der Waals surface area contributed by atoms with Crippen molar-refractivity contribution in [1.82, 2.24) is 9.29 Å². The van der Waals surface area contributed by atoms with Crippen LogP contribution < -0.4 is 5.73 Å². The van der Waals surface area contributed by atoms with Crippen molar-refractivity contribution in [3.63, 3.8) is 0 Å². The zero-order valence-electron chi connectivity index (χ0n) is 12.2. The fourth-order valence-corrected chi connectivity index (χ4v) is 3.46. The van der Waals surface area contributed by atoms with Crippen LogP contribution in [0.25, 0.3) is 0 Å². The third-order valence-corrected chi connectivity index (χ3v) is 5.10. The van der Waals surface area contributed by atoms with E-state index in [-0.39, 0.29) is 4.90 Å². The lowest BCUT2D eigenvalue weighted by atomic mass is 10.1. The van der Waals surface area contributed by atoms with Gasteiger partial charge >= 0.3 is 0 Å². The quantitative estimate of drug-likeness (QED) is 0.918. The minimum atomic E-state index is -3.56. The summed E-state index contributed by atoms with van der Waals surface area (Å²) < 4.78 is 26.6. The number of aryl methyl sites for hydroxylation is 1. The highest BCUT2D eigenvalue weighted by Crippen LogP contribution is 2.18. The molecule has 0 bridgehead atoms. The van der Waals surface area contributed by atoms with Crippen molar-refractivity contribution < 1.29 is 8.42 Å². The van der Waals surface area contributed by atoms with Gasteiger partial charge in [0.15, 0.2) is 0 Å². The van der Waals surface area contributed by atoms with Crippen LogP contribution in [0.2, 0.25) is 0 Å². The maximum Gasteiger partial charge on any atom is 0.244 e. The van der Waals surface area contributed by atoms with Gasteiger partial charge in [0.05, 0.1) is 0 Å². The van der Waals surface area contributed by atoms with Crippen LogP contribution in [0.4, 0.5) is 5.82 Å². The van der Waals surface area contributed by atoms with Gasteiger partial charge in [-0.25, -0.2) is 13.4 Å². The van der Waals surface area contributed by atoms with E-state index in [1.54, 1.807) is 0 Å². The van der Waals surface area contributed by atoms with Crippen LogP contribution in [0.15, 0.2) is 47.5 Å². The molecule has 0 aliphatic heterocycles. The molecule has 2 rings (SSSR count). The van der Waals surface area contributed by atoms with E-state index >= 15 is 0 Å². The molecule has 0 fully saturated rings. The van der Waals surface area contributed by atoms with E-state index in [0.29, 0.717) is 18.9 Å². The van der Waals surface area contributed by atoms with Gasteiger partial charge in [0.1, 0.15) is 10.7 Å². The Bertz CT molecular complexity index is 712. The van der Waals surface area contributed by atoms with Crippen LogP contribution in [0, 0.1) is 6.92 Å². The predicted molar refractivity (Wildman–Crippen MR) is 83.1 cm³/mol. The lowest BCUT2D eigenvalue weighted by Gasteiger charge is -2.20. The Morgan fingerprint density at radius 1 is 1.24 bits per heavy atom. The first kappa shape index (κ1) is 15.5. The van der Waals surface area contributed by atoms with Gasteiger partial charge in [-0.05, 0) is 24.6 Å². The summed E-state index contributed by atoms with van der Waals surface area (Å²) in [6.07, 6.45) is 1.30. The maximum absolute atomic E-state index is 12.6. The Labute approximate surface area is 125 Å². The van der Waals surface area contributed by atoms with Gasteiger partial charge in [-0.15, -0.1) is 0 Å². The van der Waals surface area contributed by atoms with Crippen molar-refractivity contribution in [1.29, 1.82) is 0 Å². The Morgan fingerprint density at radius 2 is 2.00 bits per heavy atom. The van der Waals surface area contributed by atoms with Crippen LogP contribution in [-0.2, 0) is 16.6 Å². The monoisotopic (exact) mass is 305 g/mol. The highest BCUT2D eigenvalue weighted by molar-refractivity contribution is 7.89. The molecular formula is C15H19N3O2S. The van der Waals surface area contributed by atoms with Gasteiger partial charge in [-0.3, -0.25) is 0 Å². The molecule has 5 nitrogen and oxygen atoms in total. The molecular weight excluding hydrogens is 286 g/mol. The third kappa shape index (κ3) is 3.59. The van der Waals surface area contributed by atoms with Gasteiger partial charge < -0.3 is 5.73 Å². The minimum absolute atomic E-state index is 0.159. The van der Waals surface area contributed by atoms with Crippen LogP contribution in [0.3, 0.4) is 0 Å². The van der Waals surface area contributed by atoms with Crippen molar-refractivity contribution in [2.24, 2.45) is 0 Å². The number of aromatic nitrogens is 1. The third-order valence-electron chi connectivity index (χ3n) is 3.19. The zero-order chi connectivity index (χ0) is 15.5. The molecule has 0 atom stereocenters. The minimum Gasteiger partial charge on any atom is -0.384 e. The van der Waals surface area contributed by atoms with Crippen LogP contribution in [0.5, 0.6) is 0 Å². The van der Waals surface area contributed by atoms with E-state index in [1.807, 2.05) is 38.1 Å². The Morgan fingerprint density at radius 3 is 2.57 bits per heavy atom. The van der Waals surface area contributed by atoms with Crippen LogP contribution in [0.1, 0.15) is 18.1 Å². The number of pyridine rings is 1. The first-order valence-corrected chi connectivity index (χ1v) is 8.14. The van der Waals surface area contributed by atoms with Crippen LogP contribution >= 0.6 is 0 Å².